The maximum atomic E-state index is 11.5. The molecule has 4 heteroatoms. The minimum Gasteiger partial charge on any atom is -0.295 e. The summed E-state index contributed by atoms with van der Waals surface area (Å²) in [5.74, 6) is 0.536. The Morgan fingerprint density at radius 1 is 1.22 bits per heavy atom. The van der Waals surface area contributed by atoms with E-state index >= 15 is 0 Å². The number of hydrogen-bond donors (Lipinski definition) is 0. The van der Waals surface area contributed by atoms with E-state index in [0.29, 0.717) is 6.54 Å². The minimum atomic E-state index is 0.247. The Bertz CT molecular complexity index is 551. The molecule has 0 unspecified atom stereocenters. The van der Waals surface area contributed by atoms with Crippen LogP contribution in [-0.4, -0.2) is 18.0 Å². The van der Waals surface area contributed by atoms with E-state index in [4.69, 9.17) is 0 Å². The smallest absolute Gasteiger partial charge is 0.158 e. The van der Waals surface area contributed by atoms with E-state index < -0.39 is 0 Å². The van der Waals surface area contributed by atoms with Gasteiger partial charge >= 0.3 is 0 Å². The number of benzene rings is 1. The predicted octanol–water partition coefficient (Wildman–Crippen LogP) is 2.85. The number of allylic oxidation sites excluding steroid dienone is 1. The predicted molar refractivity (Wildman–Crippen MR) is 69.5 cm³/mol. The van der Waals surface area contributed by atoms with Crippen LogP contribution < -0.4 is 0 Å². The first-order valence-corrected chi connectivity index (χ1v) is 6.08. The monoisotopic (exact) mass is 239 g/mol. The van der Waals surface area contributed by atoms with Crippen LogP contribution in [0.3, 0.4) is 0 Å². The quantitative estimate of drug-likeness (QED) is 0.745. The lowest BCUT2D eigenvalue weighted by molar-refractivity contribution is -0.115. The van der Waals surface area contributed by atoms with E-state index in [2.05, 4.69) is 15.4 Å². The SMILES string of the molecule is O=C(/C=C/c1ccc(C2=NN=NC2)cc1)C1CC1. The molecule has 90 valence electrons. The maximum absolute atomic E-state index is 11.5. The minimum absolute atomic E-state index is 0.247. The van der Waals surface area contributed by atoms with Crippen LogP contribution in [-0.2, 0) is 4.79 Å². The van der Waals surface area contributed by atoms with Crippen molar-refractivity contribution < 1.29 is 4.79 Å². The Balaban J connectivity index is 1.68. The Labute approximate surface area is 105 Å². The van der Waals surface area contributed by atoms with Crippen molar-refractivity contribution in [2.75, 3.05) is 6.54 Å². The van der Waals surface area contributed by atoms with Gasteiger partial charge in [0.25, 0.3) is 0 Å². The van der Waals surface area contributed by atoms with Gasteiger partial charge in [0.1, 0.15) is 6.54 Å². The molecule has 0 aromatic heterocycles. The van der Waals surface area contributed by atoms with Gasteiger partial charge in [0, 0.05) is 5.92 Å². The Morgan fingerprint density at radius 2 is 2.00 bits per heavy atom. The van der Waals surface area contributed by atoms with Crippen LogP contribution in [0.25, 0.3) is 6.08 Å². The van der Waals surface area contributed by atoms with Crippen LogP contribution >= 0.6 is 0 Å². The van der Waals surface area contributed by atoms with Crippen LogP contribution in [0.5, 0.6) is 0 Å². The fourth-order valence-electron chi connectivity index (χ4n) is 1.83. The molecule has 0 N–H and O–H groups in total. The first-order valence-electron chi connectivity index (χ1n) is 6.08. The van der Waals surface area contributed by atoms with E-state index in [-0.39, 0.29) is 11.7 Å². The van der Waals surface area contributed by atoms with Crippen molar-refractivity contribution in [3.63, 3.8) is 0 Å². The first kappa shape index (κ1) is 11.0. The molecule has 1 heterocycles. The molecule has 3 rings (SSSR count). The van der Waals surface area contributed by atoms with Crippen molar-refractivity contribution in [3.05, 3.63) is 41.5 Å². The zero-order valence-electron chi connectivity index (χ0n) is 9.91. The van der Waals surface area contributed by atoms with Gasteiger partial charge in [-0.15, -0.1) is 5.10 Å². The number of nitrogens with zero attached hydrogens (tertiary/aromatic N) is 3. The number of carbonyl (C=O) groups excluding carboxylic acids is 1. The van der Waals surface area contributed by atoms with Crippen molar-refractivity contribution in [1.82, 2.24) is 0 Å². The molecule has 0 saturated heterocycles. The Hall–Kier alpha value is -2.10. The third kappa shape index (κ3) is 2.42. The molecule has 1 fully saturated rings. The lowest BCUT2D eigenvalue weighted by Crippen LogP contribution is -2.00. The highest BCUT2D eigenvalue weighted by molar-refractivity contribution is 6.02. The molecule has 0 atom stereocenters. The molecule has 1 aromatic carbocycles. The van der Waals surface area contributed by atoms with Gasteiger partial charge in [0.2, 0.25) is 0 Å². The highest BCUT2D eigenvalue weighted by Gasteiger charge is 2.27. The third-order valence-electron chi connectivity index (χ3n) is 3.11. The standard InChI is InChI=1S/C14H13N3O/c18-14(12-6-7-12)8-3-10-1-4-11(5-2-10)13-9-15-17-16-13/h1-5,8,12H,6-7,9H2/b8-3+. The average Bonchev–Trinajstić information content (AvgIpc) is 3.12. The Morgan fingerprint density at radius 3 is 2.61 bits per heavy atom. The molecule has 2 aliphatic rings. The fraction of sp³-hybridized carbons (Fsp3) is 0.286. The molecule has 0 bridgehead atoms. The summed E-state index contributed by atoms with van der Waals surface area (Å²) in [4.78, 5) is 11.5. The second-order valence-corrected chi connectivity index (χ2v) is 4.57. The van der Waals surface area contributed by atoms with Gasteiger partial charge in [-0.1, -0.05) is 30.3 Å². The number of carbonyl (C=O) groups is 1. The Kier molecular flexibility index (Phi) is 2.84. The van der Waals surface area contributed by atoms with Crippen LogP contribution in [0.1, 0.15) is 24.0 Å². The van der Waals surface area contributed by atoms with Crippen LogP contribution in [0, 0.1) is 5.92 Å². The van der Waals surface area contributed by atoms with Gasteiger partial charge in [-0.25, -0.2) is 0 Å². The topological polar surface area (TPSA) is 54.1 Å². The third-order valence-corrected chi connectivity index (χ3v) is 3.11. The van der Waals surface area contributed by atoms with E-state index in [1.807, 2.05) is 30.3 Å². The molecule has 0 amide bonds. The lowest BCUT2D eigenvalue weighted by atomic mass is 10.1. The van der Waals surface area contributed by atoms with E-state index in [9.17, 15) is 4.79 Å². The molecule has 0 radical (unpaired) electrons. The van der Waals surface area contributed by atoms with Crippen molar-refractivity contribution in [2.24, 2.45) is 21.4 Å². The normalized spacial score (nSPS) is 18.3. The molecule has 1 aromatic rings. The second kappa shape index (κ2) is 4.64. The van der Waals surface area contributed by atoms with Gasteiger partial charge in [0.15, 0.2) is 5.78 Å². The van der Waals surface area contributed by atoms with E-state index in [0.717, 1.165) is 29.7 Å². The van der Waals surface area contributed by atoms with Gasteiger partial charge < -0.3 is 0 Å². The summed E-state index contributed by atoms with van der Waals surface area (Å²) in [7, 11) is 0. The van der Waals surface area contributed by atoms with E-state index in [1.165, 1.54) is 0 Å². The van der Waals surface area contributed by atoms with Gasteiger partial charge in [-0.2, -0.15) is 5.11 Å². The molecule has 1 saturated carbocycles. The lowest BCUT2D eigenvalue weighted by Gasteiger charge is -1.99. The van der Waals surface area contributed by atoms with Gasteiger partial charge in [-0.05, 0) is 35.3 Å². The average molecular weight is 239 g/mol. The highest BCUT2D eigenvalue weighted by Crippen LogP contribution is 2.30. The number of hydrogen-bond acceptors (Lipinski definition) is 4. The van der Waals surface area contributed by atoms with Crippen molar-refractivity contribution in [3.8, 4) is 0 Å². The van der Waals surface area contributed by atoms with Crippen molar-refractivity contribution in [1.29, 1.82) is 0 Å². The first-order chi connectivity index (χ1) is 8.83. The van der Waals surface area contributed by atoms with Gasteiger partial charge in [-0.3, -0.25) is 4.79 Å². The molecule has 1 aliphatic carbocycles. The summed E-state index contributed by atoms with van der Waals surface area (Å²) < 4.78 is 0. The highest BCUT2D eigenvalue weighted by atomic mass is 16.1. The van der Waals surface area contributed by atoms with Crippen LogP contribution in [0.2, 0.25) is 0 Å². The molecule has 4 nitrogen and oxygen atoms in total. The largest absolute Gasteiger partial charge is 0.295 e. The molecular weight excluding hydrogens is 226 g/mol. The molecule has 18 heavy (non-hydrogen) atoms. The zero-order valence-corrected chi connectivity index (χ0v) is 9.91. The summed E-state index contributed by atoms with van der Waals surface area (Å²) in [6.07, 6.45) is 5.66. The summed E-state index contributed by atoms with van der Waals surface area (Å²) in [6, 6.07) is 7.92. The summed E-state index contributed by atoms with van der Waals surface area (Å²) in [5, 5.41) is 11.4. The fourth-order valence-corrected chi connectivity index (χ4v) is 1.83. The van der Waals surface area contributed by atoms with E-state index in [1.54, 1.807) is 6.08 Å². The zero-order chi connectivity index (χ0) is 12.4. The molecule has 0 spiro atoms. The summed E-state index contributed by atoms with van der Waals surface area (Å²) >= 11 is 0. The van der Waals surface area contributed by atoms with Crippen molar-refractivity contribution >= 4 is 17.6 Å². The maximum Gasteiger partial charge on any atom is 0.158 e. The molecular formula is C14H13N3O. The van der Waals surface area contributed by atoms with Crippen molar-refractivity contribution in [2.45, 2.75) is 12.8 Å². The van der Waals surface area contributed by atoms with Crippen LogP contribution in [0.15, 0.2) is 45.8 Å². The second-order valence-electron chi connectivity index (χ2n) is 4.57. The molecule has 1 aliphatic heterocycles. The summed E-state index contributed by atoms with van der Waals surface area (Å²) in [6.45, 7) is 0.551. The number of rotatable bonds is 4. The summed E-state index contributed by atoms with van der Waals surface area (Å²) in [5.41, 5.74) is 2.95. The van der Waals surface area contributed by atoms with Gasteiger partial charge in [0.05, 0.1) is 5.71 Å². The number of ketones is 1. The van der Waals surface area contributed by atoms with Crippen LogP contribution in [0.4, 0.5) is 0 Å².